The van der Waals surface area contributed by atoms with Crippen molar-refractivity contribution in [3.63, 3.8) is 0 Å². The third-order valence-corrected chi connectivity index (χ3v) is 11.1. The van der Waals surface area contributed by atoms with E-state index in [9.17, 15) is 0 Å². The SMILES string of the molecule is C1=C(c2cc(-c3ccccc3)cc(-c3ccccc3)c2)CCc2c1c(-c1cccc(-c3ccccn3)c1)c1ccccc1c2-c1cccc(-c2ccccn2)c1. The lowest BCUT2D eigenvalue weighted by Crippen LogP contribution is -2.06. The van der Waals surface area contributed by atoms with Crippen molar-refractivity contribution in [2.24, 2.45) is 0 Å². The molecule has 0 unspecified atom stereocenters. The van der Waals surface area contributed by atoms with Gasteiger partial charge >= 0.3 is 0 Å². The molecule has 1 aliphatic carbocycles. The molecule has 0 saturated heterocycles. The fourth-order valence-corrected chi connectivity index (χ4v) is 8.45. The Bertz CT molecular complexity index is 2820. The smallest absolute Gasteiger partial charge is 0.0702 e. The van der Waals surface area contributed by atoms with Gasteiger partial charge in [0, 0.05) is 23.5 Å². The second-order valence-corrected chi connectivity index (χ2v) is 14.5. The van der Waals surface area contributed by atoms with Crippen LogP contribution in [0.15, 0.2) is 200 Å². The molecule has 0 N–H and O–H groups in total. The summed E-state index contributed by atoms with van der Waals surface area (Å²) in [7, 11) is 0. The third-order valence-electron chi connectivity index (χ3n) is 11.1. The highest BCUT2D eigenvalue weighted by atomic mass is 14.7. The maximum absolute atomic E-state index is 4.72. The first kappa shape index (κ1) is 33.4. The molecule has 1 aliphatic rings. The first-order valence-electron chi connectivity index (χ1n) is 19.3. The lowest BCUT2D eigenvalue weighted by atomic mass is 9.77. The normalized spacial score (nSPS) is 12.2. The summed E-state index contributed by atoms with van der Waals surface area (Å²) in [4.78, 5) is 9.43. The molecule has 2 aromatic heterocycles. The van der Waals surface area contributed by atoms with Gasteiger partial charge in [0.15, 0.2) is 0 Å². The Morgan fingerprint density at radius 1 is 0.321 bits per heavy atom. The summed E-state index contributed by atoms with van der Waals surface area (Å²) in [5.74, 6) is 0. The number of aromatic nitrogens is 2. The number of allylic oxidation sites excluding steroid dienone is 1. The molecular formula is C54H38N2. The molecule has 0 bridgehead atoms. The second-order valence-electron chi connectivity index (χ2n) is 14.5. The lowest BCUT2D eigenvalue weighted by molar-refractivity contribution is 1.01. The van der Waals surface area contributed by atoms with E-state index in [1.165, 1.54) is 77.5 Å². The Morgan fingerprint density at radius 3 is 1.32 bits per heavy atom. The Hall–Kier alpha value is -7.16. The number of hydrogen-bond donors (Lipinski definition) is 0. The van der Waals surface area contributed by atoms with E-state index in [2.05, 4.69) is 182 Å². The van der Waals surface area contributed by atoms with Crippen LogP contribution in [0, 0.1) is 0 Å². The lowest BCUT2D eigenvalue weighted by Gasteiger charge is -2.27. The molecule has 0 radical (unpaired) electrons. The van der Waals surface area contributed by atoms with Gasteiger partial charge < -0.3 is 0 Å². The molecule has 9 aromatic rings. The van der Waals surface area contributed by atoms with Gasteiger partial charge in [0.05, 0.1) is 11.4 Å². The zero-order valence-electron chi connectivity index (χ0n) is 30.9. The van der Waals surface area contributed by atoms with Crippen LogP contribution in [0.25, 0.3) is 89.4 Å². The van der Waals surface area contributed by atoms with Gasteiger partial charge in [-0.2, -0.15) is 0 Å². The summed E-state index contributed by atoms with van der Waals surface area (Å²) < 4.78 is 0. The Balaban J connectivity index is 1.24. The molecule has 2 nitrogen and oxygen atoms in total. The minimum atomic E-state index is 0.915. The summed E-state index contributed by atoms with van der Waals surface area (Å²) in [6, 6.07) is 67.7. The quantitative estimate of drug-likeness (QED) is 0.164. The van der Waals surface area contributed by atoms with E-state index in [4.69, 9.17) is 9.97 Å². The molecule has 0 amide bonds. The minimum Gasteiger partial charge on any atom is -0.256 e. The van der Waals surface area contributed by atoms with Gasteiger partial charge in [-0.05, 0) is 145 Å². The van der Waals surface area contributed by atoms with E-state index in [1.54, 1.807) is 0 Å². The van der Waals surface area contributed by atoms with E-state index in [0.29, 0.717) is 0 Å². The van der Waals surface area contributed by atoms with Gasteiger partial charge in [-0.1, -0.05) is 140 Å². The first-order chi connectivity index (χ1) is 27.8. The van der Waals surface area contributed by atoms with E-state index >= 15 is 0 Å². The molecule has 0 saturated carbocycles. The molecular weight excluding hydrogens is 677 g/mol. The molecule has 0 aliphatic heterocycles. The topological polar surface area (TPSA) is 25.8 Å². The number of benzene rings is 7. The molecule has 56 heavy (non-hydrogen) atoms. The van der Waals surface area contributed by atoms with Crippen LogP contribution < -0.4 is 0 Å². The van der Waals surface area contributed by atoms with Crippen LogP contribution in [0.3, 0.4) is 0 Å². The Labute approximate surface area is 328 Å². The van der Waals surface area contributed by atoms with Crippen LogP contribution in [0.5, 0.6) is 0 Å². The molecule has 0 spiro atoms. The van der Waals surface area contributed by atoms with E-state index < -0.39 is 0 Å². The summed E-state index contributed by atoms with van der Waals surface area (Å²) in [6.07, 6.45) is 8.08. The average molecular weight is 715 g/mol. The van der Waals surface area contributed by atoms with Gasteiger partial charge in [0.1, 0.15) is 0 Å². The van der Waals surface area contributed by atoms with Crippen molar-refractivity contribution in [2.45, 2.75) is 12.8 Å². The van der Waals surface area contributed by atoms with Gasteiger partial charge in [0.25, 0.3) is 0 Å². The molecule has 10 rings (SSSR count). The van der Waals surface area contributed by atoms with Gasteiger partial charge in [-0.25, -0.2) is 0 Å². The van der Waals surface area contributed by atoms with Crippen molar-refractivity contribution in [1.82, 2.24) is 9.97 Å². The zero-order chi connectivity index (χ0) is 37.3. The number of rotatable bonds is 7. The van der Waals surface area contributed by atoms with Crippen LogP contribution >= 0.6 is 0 Å². The Morgan fingerprint density at radius 2 is 0.768 bits per heavy atom. The van der Waals surface area contributed by atoms with Crippen molar-refractivity contribution in [2.75, 3.05) is 0 Å². The van der Waals surface area contributed by atoms with E-state index in [1.807, 2.05) is 24.5 Å². The standard InChI is InChI=1S/C54H38N2/c1-3-15-37(16-4-1)44-33-45(38-17-5-2-6-18-38)35-46(34-44)39-27-28-49-50(36-39)54(43-22-14-20-41(32-43)52-26-10-12-30-56-52)48-24-8-7-23-47(48)53(49)42-21-13-19-40(31-42)51-25-9-11-29-55-51/h1-26,29-36H,27-28H2. The maximum Gasteiger partial charge on any atom is 0.0702 e. The fraction of sp³-hybridized carbons (Fsp3) is 0.0370. The third kappa shape index (κ3) is 6.32. The molecule has 0 fully saturated rings. The van der Waals surface area contributed by atoms with Gasteiger partial charge in [-0.15, -0.1) is 0 Å². The predicted molar refractivity (Wildman–Crippen MR) is 235 cm³/mol. The Kier molecular flexibility index (Phi) is 8.70. The fourth-order valence-electron chi connectivity index (χ4n) is 8.45. The number of nitrogens with zero attached hydrogens (tertiary/aromatic N) is 2. The summed E-state index contributed by atoms with van der Waals surface area (Å²) >= 11 is 0. The molecule has 2 heterocycles. The number of fused-ring (bicyclic) bond motifs is 2. The number of pyridine rings is 2. The largest absolute Gasteiger partial charge is 0.256 e. The van der Waals surface area contributed by atoms with Crippen LogP contribution in [-0.4, -0.2) is 9.97 Å². The van der Waals surface area contributed by atoms with Crippen LogP contribution in [0.1, 0.15) is 23.1 Å². The van der Waals surface area contributed by atoms with Crippen molar-refractivity contribution in [3.05, 3.63) is 217 Å². The second kappa shape index (κ2) is 14.6. The zero-order valence-corrected chi connectivity index (χ0v) is 30.9. The van der Waals surface area contributed by atoms with Crippen molar-refractivity contribution < 1.29 is 0 Å². The summed E-state index contributed by atoms with van der Waals surface area (Å²) in [6.45, 7) is 0. The predicted octanol–water partition coefficient (Wildman–Crippen LogP) is 14.1. The highest BCUT2D eigenvalue weighted by molar-refractivity contribution is 6.12. The highest BCUT2D eigenvalue weighted by Gasteiger charge is 2.25. The first-order valence-corrected chi connectivity index (χ1v) is 19.3. The van der Waals surface area contributed by atoms with Crippen LogP contribution in [-0.2, 0) is 6.42 Å². The summed E-state index contributed by atoms with van der Waals surface area (Å²) in [5.41, 5.74) is 19.3. The minimum absolute atomic E-state index is 0.915. The van der Waals surface area contributed by atoms with Crippen LogP contribution in [0.4, 0.5) is 0 Å². The number of hydrogen-bond acceptors (Lipinski definition) is 2. The van der Waals surface area contributed by atoms with E-state index in [-0.39, 0.29) is 0 Å². The van der Waals surface area contributed by atoms with Gasteiger partial charge in [-0.3, -0.25) is 9.97 Å². The average Bonchev–Trinajstić information content (AvgIpc) is 3.29. The summed E-state index contributed by atoms with van der Waals surface area (Å²) in [5, 5.41) is 2.50. The van der Waals surface area contributed by atoms with E-state index in [0.717, 1.165) is 35.4 Å². The van der Waals surface area contributed by atoms with Gasteiger partial charge in [0.2, 0.25) is 0 Å². The molecule has 0 atom stereocenters. The van der Waals surface area contributed by atoms with Crippen LogP contribution in [0.2, 0.25) is 0 Å². The highest BCUT2D eigenvalue weighted by Crippen LogP contribution is 2.48. The molecule has 264 valence electrons. The molecule has 2 heteroatoms. The van der Waals surface area contributed by atoms with Crippen molar-refractivity contribution >= 4 is 22.4 Å². The molecule has 7 aromatic carbocycles. The maximum atomic E-state index is 4.72. The monoisotopic (exact) mass is 714 g/mol. The van der Waals surface area contributed by atoms with Crippen molar-refractivity contribution in [3.8, 4) is 67.0 Å². The van der Waals surface area contributed by atoms with Crippen molar-refractivity contribution in [1.29, 1.82) is 0 Å².